The summed E-state index contributed by atoms with van der Waals surface area (Å²) in [7, 11) is 0. The molecule has 0 radical (unpaired) electrons. The lowest BCUT2D eigenvalue weighted by atomic mass is 9.64. The molecule has 0 spiro atoms. The van der Waals surface area contributed by atoms with E-state index in [0.29, 0.717) is 23.5 Å². The van der Waals surface area contributed by atoms with Gasteiger partial charge in [0.2, 0.25) is 0 Å². The van der Waals surface area contributed by atoms with Gasteiger partial charge in [-0.1, -0.05) is 75.7 Å². The molecule has 4 atom stereocenters. The first-order chi connectivity index (χ1) is 20.3. The van der Waals surface area contributed by atoms with Crippen molar-refractivity contribution in [3.05, 3.63) is 111 Å². The number of amides is 1. The third-order valence-corrected chi connectivity index (χ3v) is 9.97. The molecular weight excluding hydrogens is 524 g/mol. The van der Waals surface area contributed by atoms with E-state index in [0.717, 1.165) is 53.8 Å². The van der Waals surface area contributed by atoms with Crippen LogP contribution in [0.3, 0.4) is 0 Å². The zero-order valence-electron chi connectivity index (χ0n) is 24.6. The number of hydrogen-bond acceptors (Lipinski definition) is 4. The molecule has 1 N–H and O–H groups in total. The Bertz CT molecular complexity index is 1710. The third kappa shape index (κ3) is 4.48. The largest absolute Gasteiger partial charge is 0.493 e. The van der Waals surface area contributed by atoms with E-state index in [2.05, 4.69) is 56.1 Å². The van der Waals surface area contributed by atoms with Gasteiger partial charge in [-0.25, -0.2) is 4.79 Å². The lowest BCUT2D eigenvalue weighted by Gasteiger charge is -2.44. The second-order valence-electron chi connectivity index (χ2n) is 12.9. The quantitative estimate of drug-likeness (QED) is 0.284. The Morgan fingerprint density at radius 3 is 2.64 bits per heavy atom. The fourth-order valence-electron chi connectivity index (χ4n) is 7.56. The average molecular weight is 563 g/mol. The maximum atomic E-state index is 14.3. The Hall–Kier alpha value is -4.06. The number of aromatic amines is 1. The molecule has 0 bridgehead atoms. The minimum Gasteiger partial charge on any atom is -0.493 e. The second kappa shape index (κ2) is 10.3. The first-order valence-electron chi connectivity index (χ1n) is 15.2. The number of carbonyl (C=O) groups excluding carboxylic acids is 1. The summed E-state index contributed by atoms with van der Waals surface area (Å²) in [6.45, 7) is 7.66. The molecule has 1 amide bonds. The fourth-order valence-corrected chi connectivity index (χ4v) is 7.56. The second-order valence-corrected chi connectivity index (χ2v) is 12.9. The van der Waals surface area contributed by atoms with Crippen LogP contribution < -0.4 is 10.2 Å². The number of carbonyl (C=O) groups is 1. The van der Waals surface area contributed by atoms with Crippen molar-refractivity contribution in [2.24, 2.45) is 11.8 Å². The molecule has 2 aliphatic heterocycles. The number of para-hydroxylation sites is 1. The number of fused-ring (bicyclic) bond motifs is 3. The zero-order chi connectivity index (χ0) is 29.0. The Morgan fingerprint density at radius 1 is 1.02 bits per heavy atom. The van der Waals surface area contributed by atoms with E-state index in [1.807, 2.05) is 42.5 Å². The number of benzene rings is 3. The van der Waals surface area contributed by atoms with Gasteiger partial charge in [0.25, 0.3) is 0 Å². The molecule has 42 heavy (non-hydrogen) atoms. The molecule has 1 aliphatic carbocycles. The van der Waals surface area contributed by atoms with Gasteiger partial charge in [-0.15, -0.1) is 0 Å². The molecule has 7 rings (SSSR count). The van der Waals surface area contributed by atoms with Gasteiger partial charge < -0.3 is 14.5 Å². The topological polar surface area (TPSA) is 71.6 Å². The number of pyridine rings is 1. The smallest absolute Gasteiger partial charge is 0.411 e. The number of hydrogen-bond donors (Lipinski definition) is 1. The summed E-state index contributed by atoms with van der Waals surface area (Å²) in [4.78, 5) is 33.3. The highest BCUT2D eigenvalue weighted by atomic mass is 16.6. The fraction of sp³-hybridized carbons (Fsp3) is 0.389. The summed E-state index contributed by atoms with van der Waals surface area (Å²) in [5.41, 5.74) is 5.33. The number of rotatable bonds is 4. The summed E-state index contributed by atoms with van der Waals surface area (Å²) in [6.07, 6.45) is 3.20. The average Bonchev–Trinajstić information content (AvgIpc) is 3.62. The van der Waals surface area contributed by atoms with Crippen molar-refractivity contribution in [3.8, 4) is 5.75 Å². The van der Waals surface area contributed by atoms with Gasteiger partial charge in [-0.3, -0.25) is 9.69 Å². The summed E-state index contributed by atoms with van der Waals surface area (Å²) >= 11 is 0. The van der Waals surface area contributed by atoms with Gasteiger partial charge in [0, 0.05) is 28.8 Å². The molecule has 3 aliphatic rings. The molecule has 1 fully saturated rings. The summed E-state index contributed by atoms with van der Waals surface area (Å²) < 4.78 is 12.3. The van der Waals surface area contributed by atoms with Crippen molar-refractivity contribution >= 4 is 17.0 Å². The number of nitrogens with one attached hydrogen (secondary N) is 1. The van der Waals surface area contributed by atoms with Crippen molar-refractivity contribution in [2.75, 3.05) is 6.61 Å². The normalized spacial score (nSPS) is 23.4. The standard InChI is InChI=1S/C36H38N2O4/c1-22-13-15-28(36(2,3)25-9-5-4-6-10-25)31(19-22)42-35(40)38-21-27-32(37-29-12-8-7-11-26(29)34(27)39)33(38)24-14-16-30-23(20-24)17-18-41-30/h4-12,14,16,20,22,28,31,33H,13,15,17-19,21H2,1-3H3,(H,37,39)/t22-,28-,31-,33-/m1/s1. The molecule has 0 saturated heterocycles. The molecule has 3 aromatic carbocycles. The molecule has 1 aromatic heterocycles. The molecule has 3 heterocycles. The number of H-pyrrole nitrogens is 1. The van der Waals surface area contributed by atoms with Crippen LogP contribution in [0.15, 0.2) is 77.6 Å². The van der Waals surface area contributed by atoms with Crippen LogP contribution in [0, 0.1) is 11.8 Å². The van der Waals surface area contributed by atoms with Gasteiger partial charge in [-0.2, -0.15) is 0 Å². The SMILES string of the molecule is C[C@@H]1CC[C@@H](C(C)(C)c2ccccc2)[C@H](OC(=O)N2Cc3c([nH]c4ccccc4c3=O)[C@H]2c2ccc3c(c2)CCO3)C1. The highest BCUT2D eigenvalue weighted by molar-refractivity contribution is 5.81. The number of ether oxygens (including phenoxy) is 2. The van der Waals surface area contributed by atoms with Crippen LogP contribution in [-0.2, 0) is 23.1 Å². The first kappa shape index (κ1) is 26.8. The lowest BCUT2D eigenvalue weighted by molar-refractivity contribution is -0.0208. The van der Waals surface area contributed by atoms with E-state index < -0.39 is 6.04 Å². The lowest BCUT2D eigenvalue weighted by Crippen LogP contribution is -2.45. The van der Waals surface area contributed by atoms with E-state index in [-0.39, 0.29) is 35.5 Å². The Balaban J connectivity index is 1.26. The molecule has 6 nitrogen and oxygen atoms in total. The third-order valence-electron chi connectivity index (χ3n) is 9.97. The minimum absolute atomic E-state index is 0.0291. The van der Waals surface area contributed by atoms with Gasteiger partial charge >= 0.3 is 6.09 Å². The van der Waals surface area contributed by atoms with Crippen molar-refractivity contribution in [3.63, 3.8) is 0 Å². The minimum atomic E-state index is -0.447. The molecule has 6 heteroatoms. The molecule has 216 valence electrons. The van der Waals surface area contributed by atoms with Crippen LogP contribution in [-0.4, -0.2) is 28.7 Å². The summed E-state index contributed by atoms with van der Waals surface area (Å²) in [6, 6.07) is 23.8. The summed E-state index contributed by atoms with van der Waals surface area (Å²) in [5, 5.41) is 0.637. The summed E-state index contributed by atoms with van der Waals surface area (Å²) in [5.74, 6) is 1.55. The van der Waals surface area contributed by atoms with E-state index >= 15 is 0 Å². The van der Waals surface area contributed by atoms with E-state index in [9.17, 15) is 9.59 Å². The number of aromatic nitrogens is 1. The van der Waals surface area contributed by atoms with Crippen LogP contribution in [0.2, 0.25) is 0 Å². The first-order valence-corrected chi connectivity index (χ1v) is 15.2. The van der Waals surface area contributed by atoms with Gasteiger partial charge in [0.05, 0.1) is 18.8 Å². The molecular formula is C36H38N2O4. The van der Waals surface area contributed by atoms with E-state index in [4.69, 9.17) is 9.47 Å². The van der Waals surface area contributed by atoms with Crippen LogP contribution >= 0.6 is 0 Å². The highest BCUT2D eigenvalue weighted by Gasteiger charge is 2.45. The Labute approximate surface area is 246 Å². The van der Waals surface area contributed by atoms with Crippen LogP contribution in [0.25, 0.3) is 10.9 Å². The zero-order valence-corrected chi connectivity index (χ0v) is 24.6. The van der Waals surface area contributed by atoms with Gasteiger partial charge in [0.15, 0.2) is 5.43 Å². The van der Waals surface area contributed by atoms with Gasteiger partial charge in [-0.05, 0) is 65.1 Å². The van der Waals surface area contributed by atoms with Crippen molar-refractivity contribution in [1.82, 2.24) is 9.88 Å². The maximum Gasteiger partial charge on any atom is 0.411 e. The predicted octanol–water partition coefficient (Wildman–Crippen LogP) is 7.29. The van der Waals surface area contributed by atoms with Crippen molar-refractivity contribution in [1.29, 1.82) is 0 Å². The van der Waals surface area contributed by atoms with Crippen molar-refractivity contribution < 1.29 is 14.3 Å². The van der Waals surface area contributed by atoms with E-state index in [1.54, 1.807) is 4.90 Å². The van der Waals surface area contributed by atoms with Crippen molar-refractivity contribution in [2.45, 2.75) is 70.6 Å². The van der Waals surface area contributed by atoms with Crippen LogP contribution in [0.1, 0.15) is 74.0 Å². The van der Waals surface area contributed by atoms with Crippen LogP contribution in [0.4, 0.5) is 4.79 Å². The van der Waals surface area contributed by atoms with Crippen LogP contribution in [0.5, 0.6) is 5.75 Å². The predicted molar refractivity (Wildman–Crippen MR) is 164 cm³/mol. The van der Waals surface area contributed by atoms with Gasteiger partial charge in [0.1, 0.15) is 17.9 Å². The Morgan fingerprint density at radius 2 is 1.81 bits per heavy atom. The molecule has 4 aromatic rings. The monoisotopic (exact) mass is 562 g/mol. The maximum absolute atomic E-state index is 14.3. The van der Waals surface area contributed by atoms with E-state index in [1.165, 1.54) is 5.56 Å². The molecule has 1 saturated carbocycles. The Kier molecular flexibility index (Phi) is 6.60. The highest BCUT2D eigenvalue weighted by Crippen LogP contribution is 2.45. The number of nitrogens with zero attached hydrogens (tertiary/aromatic N) is 1. The molecule has 0 unspecified atom stereocenters.